The standard InChI is InChI=1S/C13H20BrNS/c1-2-6-15-13(7-10-4-3-5-10)11-8-16-9-12(11)14/h8-10,13,15H,2-7H2,1H3. The first-order valence-corrected chi connectivity index (χ1v) is 7.99. The Balaban J connectivity index is 1.98. The Hall–Kier alpha value is 0.140. The van der Waals surface area contributed by atoms with Gasteiger partial charge in [0.05, 0.1) is 0 Å². The molecule has 0 amide bonds. The van der Waals surface area contributed by atoms with E-state index < -0.39 is 0 Å². The summed E-state index contributed by atoms with van der Waals surface area (Å²) in [7, 11) is 0. The monoisotopic (exact) mass is 301 g/mol. The number of halogens is 1. The van der Waals surface area contributed by atoms with Crippen LogP contribution in [0.4, 0.5) is 0 Å². The average molecular weight is 302 g/mol. The lowest BCUT2D eigenvalue weighted by atomic mass is 9.80. The number of hydrogen-bond acceptors (Lipinski definition) is 2. The van der Waals surface area contributed by atoms with E-state index in [9.17, 15) is 0 Å². The minimum atomic E-state index is 0.561. The SMILES string of the molecule is CCCNC(CC1CCC1)c1cscc1Br. The maximum Gasteiger partial charge on any atom is 0.0342 e. The molecule has 0 bridgehead atoms. The molecule has 0 aromatic carbocycles. The van der Waals surface area contributed by atoms with Crippen molar-refractivity contribution in [3.8, 4) is 0 Å². The zero-order chi connectivity index (χ0) is 11.4. The van der Waals surface area contributed by atoms with Crippen LogP contribution in [0, 0.1) is 5.92 Å². The van der Waals surface area contributed by atoms with E-state index in [1.54, 1.807) is 11.3 Å². The molecule has 16 heavy (non-hydrogen) atoms. The maximum atomic E-state index is 3.69. The lowest BCUT2D eigenvalue weighted by Crippen LogP contribution is -2.26. The summed E-state index contributed by atoms with van der Waals surface area (Å²) in [4.78, 5) is 0. The van der Waals surface area contributed by atoms with Gasteiger partial charge in [-0.25, -0.2) is 0 Å². The Morgan fingerprint density at radius 2 is 2.31 bits per heavy atom. The number of rotatable bonds is 6. The topological polar surface area (TPSA) is 12.0 Å². The van der Waals surface area contributed by atoms with Gasteiger partial charge in [0.1, 0.15) is 0 Å². The lowest BCUT2D eigenvalue weighted by molar-refractivity contribution is 0.261. The predicted molar refractivity (Wildman–Crippen MR) is 75.0 cm³/mol. The van der Waals surface area contributed by atoms with Crippen molar-refractivity contribution < 1.29 is 0 Å². The van der Waals surface area contributed by atoms with Crippen LogP contribution in [0.3, 0.4) is 0 Å². The van der Waals surface area contributed by atoms with Crippen molar-refractivity contribution in [2.75, 3.05) is 6.54 Å². The van der Waals surface area contributed by atoms with Crippen LogP contribution in [-0.4, -0.2) is 6.54 Å². The minimum Gasteiger partial charge on any atom is -0.310 e. The molecule has 1 unspecified atom stereocenters. The van der Waals surface area contributed by atoms with Gasteiger partial charge in [0.15, 0.2) is 0 Å². The molecule has 2 rings (SSSR count). The van der Waals surface area contributed by atoms with Crippen molar-refractivity contribution in [3.63, 3.8) is 0 Å². The zero-order valence-electron chi connectivity index (χ0n) is 9.84. The number of nitrogens with one attached hydrogen (secondary N) is 1. The Morgan fingerprint density at radius 1 is 1.50 bits per heavy atom. The van der Waals surface area contributed by atoms with Gasteiger partial charge in [-0.15, -0.1) is 0 Å². The third-order valence-corrected chi connectivity index (χ3v) is 5.20. The summed E-state index contributed by atoms with van der Waals surface area (Å²) in [5.41, 5.74) is 1.46. The Kier molecular flexibility index (Phi) is 4.86. The molecule has 1 heterocycles. The van der Waals surface area contributed by atoms with Gasteiger partial charge < -0.3 is 5.32 Å². The van der Waals surface area contributed by atoms with Gasteiger partial charge in [0.2, 0.25) is 0 Å². The fraction of sp³-hybridized carbons (Fsp3) is 0.692. The van der Waals surface area contributed by atoms with Crippen molar-refractivity contribution in [1.82, 2.24) is 5.32 Å². The molecule has 1 nitrogen and oxygen atoms in total. The van der Waals surface area contributed by atoms with E-state index in [0.29, 0.717) is 6.04 Å². The minimum absolute atomic E-state index is 0.561. The average Bonchev–Trinajstić information content (AvgIpc) is 2.62. The van der Waals surface area contributed by atoms with E-state index >= 15 is 0 Å². The van der Waals surface area contributed by atoms with E-state index in [1.807, 2.05) is 0 Å². The van der Waals surface area contributed by atoms with Crippen molar-refractivity contribution in [3.05, 3.63) is 20.8 Å². The largest absolute Gasteiger partial charge is 0.310 e. The van der Waals surface area contributed by atoms with Crippen LogP contribution in [0.2, 0.25) is 0 Å². The highest BCUT2D eigenvalue weighted by Crippen LogP contribution is 2.37. The zero-order valence-corrected chi connectivity index (χ0v) is 12.2. The summed E-state index contributed by atoms with van der Waals surface area (Å²) < 4.78 is 1.28. The fourth-order valence-electron chi connectivity index (χ4n) is 2.24. The Bertz CT molecular complexity index is 319. The molecule has 0 saturated heterocycles. The molecule has 1 aromatic rings. The number of hydrogen-bond donors (Lipinski definition) is 1. The Labute approximate surface area is 111 Å². The highest BCUT2D eigenvalue weighted by molar-refractivity contribution is 9.10. The second-order valence-corrected chi connectivity index (χ2v) is 6.31. The molecule has 1 aliphatic rings. The first kappa shape index (κ1) is 12.6. The summed E-state index contributed by atoms with van der Waals surface area (Å²) in [6.07, 6.45) is 6.84. The summed E-state index contributed by atoms with van der Waals surface area (Å²) in [6.45, 7) is 3.36. The maximum absolute atomic E-state index is 3.69. The van der Waals surface area contributed by atoms with E-state index in [1.165, 1.54) is 42.1 Å². The first-order valence-electron chi connectivity index (χ1n) is 6.26. The van der Waals surface area contributed by atoms with Crippen LogP contribution in [0.1, 0.15) is 50.6 Å². The molecule has 1 N–H and O–H groups in total. The van der Waals surface area contributed by atoms with Gasteiger partial charge in [-0.05, 0) is 52.2 Å². The van der Waals surface area contributed by atoms with E-state index in [0.717, 1.165) is 12.5 Å². The van der Waals surface area contributed by atoms with Crippen molar-refractivity contribution in [1.29, 1.82) is 0 Å². The van der Waals surface area contributed by atoms with Gasteiger partial charge in [-0.1, -0.05) is 26.2 Å². The molecule has 1 atom stereocenters. The smallest absolute Gasteiger partial charge is 0.0342 e. The summed E-state index contributed by atoms with van der Waals surface area (Å²) in [5, 5.41) is 8.17. The highest BCUT2D eigenvalue weighted by Gasteiger charge is 2.24. The normalized spacial score (nSPS) is 18.4. The van der Waals surface area contributed by atoms with E-state index in [-0.39, 0.29) is 0 Å². The van der Waals surface area contributed by atoms with Crippen LogP contribution in [-0.2, 0) is 0 Å². The predicted octanol–water partition coefficient (Wildman–Crippen LogP) is 4.74. The van der Waals surface area contributed by atoms with Gasteiger partial charge in [0.25, 0.3) is 0 Å². The fourth-order valence-corrected chi connectivity index (χ4v) is 3.87. The van der Waals surface area contributed by atoms with E-state index in [4.69, 9.17) is 0 Å². The molecule has 0 radical (unpaired) electrons. The van der Waals surface area contributed by atoms with E-state index in [2.05, 4.69) is 38.9 Å². The van der Waals surface area contributed by atoms with Crippen LogP contribution < -0.4 is 5.32 Å². The molecule has 1 aromatic heterocycles. The lowest BCUT2D eigenvalue weighted by Gasteiger charge is -2.30. The summed E-state index contributed by atoms with van der Waals surface area (Å²) >= 11 is 5.45. The summed E-state index contributed by atoms with van der Waals surface area (Å²) in [5.74, 6) is 0.959. The molecule has 1 fully saturated rings. The highest BCUT2D eigenvalue weighted by atomic mass is 79.9. The third-order valence-electron chi connectivity index (χ3n) is 3.45. The summed E-state index contributed by atoms with van der Waals surface area (Å²) in [6, 6.07) is 0.561. The molecule has 90 valence electrons. The van der Waals surface area contributed by atoms with Crippen LogP contribution in [0.5, 0.6) is 0 Å². The van der Waals surface area contributed by atoms with Crippen LogP contribution in [0.25, 0.3) is 0 Å². The van der Waals surface area contributed by atoms with Gasteiger partial charge in [-0.3, -0.25) is 0 Å². The molecular weight excluding hydrogens is 282 g/mol. The molecular formula is C13H20BrNS. The van der Waals surface area contributed by atoms with Gasteiger partial charge in [0, 0.05) is 15.9 Å². The Morgan fingerprint density at radius 3 is 2.81 bits per heavy atom. The van der Waals surface area contributed by atoms with Crippen LogP contribution >= 0.6 is 27.3 Å². The molecule has 0 aliphatic heterocycles. The second kappa shape index (κ2) is 6.18. The van der Waals surface area contributed by atoms with Crippen molar-refractivity contribution in [2.24, 2.45) is 5.92 Å². The third kappa shape index (κ3) is 3.08. The molecule has 1 aliphatic carbocycles. The molecule has 0 spiro atoms. The molecule has 3 heteroatoms. The molecule has 1 saturated carbocycles. The number of thiophene rings is 1. The van der Waals surface area contributed by atoms with Gasteiger partial charge in [-0.2, -0.15) is 11.3 Å². The van der Waals surface area contributed by atoms with Crippen molar-refractivity contribution >= 4 is 27.3 Å². The van der Waals surface area contributed by atoms with Gasteiger partial charge >= 0.3 is 0 Å². The quantitative estimate of drug-likeness (QED) is 0.800. The second-order valence-electron chi connectivity index (χ2n) is 4.71. The first-order chi connectivity index (χ1) is 7.81. The van der Waals surface area contributed by atoms with Crippen molar-refractivity contribution in [2.45, 2.75) is 45.1 Å². The van der Waals surface area contributed by atoms with Crippen LogP contribution in [0.15, 0.2) is 15.2 Å².